The van der Waals surface area contributed by atoms with Crippen LogP contribution in [0.2, 0.25) is 0 Å². The highest BCUT2D eigenvalue weighted by molar-refractivity contribution is 6.07. The highest BCUT2D eigenvalue weighted by Gasteiger charge is 2.13. The summed E-state index contributed by atoms with van der Waals surface area (Å²) in [5.74, 6) is -0.255. The van der Waals surface area contributed by atoms with E-state index < -0.39 is 0 Å². The number of hydrogen-bond donors (Lipinski definition) is 0. The second-order valence-electron chi connectivity index (χ2n) is 5.32. The fraction of sp³-hybridized carbons (Fsp3) is 0.222. The van der Waals surface area contributed by atoms with Gasteiger partial charge in [0.25, 0.3) is 5.56 Å². The fourth-order valence-corrected chi connectivity index (χ4v) is 2.31. The molecule has 0 N–H and O–H groups in total. The lowest BCUT2D eigenvalue weighted by atomic mass is 10.0. The van der Waals surface area contributed by atoms with Gasteiger partial charge in [0.1, 0.15) is 0 Å². The number of allylic oxidation sites excluding steroid dienone is 1. The lowest BCUT2D eigenvalue weighted by Crippen LogP contribution is -2.26. The first kappa shape index (κ1) is 15.0. The minimum absolute atomic E-state index is 0.243. The molecule has 0 atom stereocenters. The van der Waals surface area contributed by atoms with E-state index in [0.717, 1.165) is 22.4 Å². The van der Waals surface area contributed by atoms with Gasteiger partial charge in [-0.05, 0) is 44.0 Å². The van der Waals surface area contributed by atoms with Gasteiger partial charge in [0.15, 0.2) is 5.78 Å². The van der Waals surface area contributed by atoms with E-state index in [1.54, 1.807) is 20.0 Å². The van der Waals surface area contributed by atoms with Gasteiger partial charge in [-0.3, -0.25) is 9.59 Å². The Hall–Kier alpha value is -2.42. The number of ketones is 1. The predicted octanol–water partition coefficient (Wildman–Crippen LogP) is 3.21. The van der Waals surface area contributed by atoms with Crippen LogP contribution in [0, 0.1) is 20.8 Å². The number of carbonyl (C=O) groups is 1. The molecule has 0 radical (unpaired) electrons. The first-order valence-corrected chi connectivity index (χ1v) is 6.86. The van der Waals surface area contributed by atoms with Gasteiger partial charge >= 0.3 is 0 Å². The lowest BCUT2D eigenvalue weighted by Gasteiger charge is -2.08. The van der Waals surface area contributed by atoms with Crippen LogP contribution in [0.15, 0.2) is 41.2 Å². The molecule has 0 bridgehead atoms. The molecule has 21 heavy (non-hydrogen) atoms. The van der Waals surface area contributed by atoms with E-state index in [1.807, 2.05) is 44.2 Å². The fourth-order valence-electron chi connectivity index (χ4n) is 2.31. The third kappa shape index (κ3) is 3.19. The van der Waals surface area contributed by atoms with Gasteiger partial charge in [-0.2, -0.15) is 0 Å². The van der Waals surface area contributed by atoms with Crippen LogP contribution in [0.4, 0.5) is 0 Å². The predicted molar refractivity (Wildman–Crippen MR) is 85.7 cm³/mol. The molecule has 0 fully saturated rings. The summed E-state index contributed by atoms with van der Waals surface area (Å²) < 4.78 is 1.50. The molecule has 1 aromatic carbocycles. The van der Waals surface area contributed by atoms with E-state index in [4.69, 9.17) is 0 Å². The Morgan fingerprint density at radius 2 is 1.86 bits per heavy atom. The summed E-state index contributed by atoms with van der Waals surface area (Å²) in [6.45, 7) is 5.65. The number of nitrogens with zero attached hydrogens (tertiary/aromatic N) is 1. The summed E-state index contributed by atoms with van der Waals surface area (Å²) in [6, 6.07) is 9.71. The summed E-state index contributed by atoms with van der Waals surface area (Å²) in [6.07, 6.45) is 3.21. The summed E-state index contributed by atoms with van der Waals surface area (Å²) in [5.41, 5.74) is 3.64. The maximum Gasteiger partial charge on any atom is 0.261 e. The average molecular weight is 281 g/mol. The van der Waals surface area contributed by atoms with Crippen LogP contribution < -0.4 is 5.56 Å². The molecule has 0 saturated carbocycles. The quantitative estimate of drug-likeness (QED) is 0.640. The van der Waals surface area contributed by atoms with Gasteiger partial charge in [0.2, 0.25) is 0 Å². The number of aryl methyl sites for hydroxylation is 3. The number of carbonyl (C=O) groups excluding carboxylic acids is 1. The normalized spacial score (nSPS) is 11.0. The van der Waals surface area contributed by atoms with Gasteiger partial charge < -0.3 is 4.57 Å². The van der Waals surface area contributed by atoms with Crippen molar-refractivity contribution in [2.45, 2.75) is 20.8 Å². The van der Waals surface area contributed by atoms with Gasteiger partial charge in [-0.25, -0.2) is 0 Å². The molecule has 3 heteroatoms. The van der Waals surface area contributed by atoms with Crippen LogP contribution in [-0.4, -0.2) is 10.4 Å². The molecule has 0 aliphatic carbocycles. The van der Waals surface area contributed by atoms with Crippen LogP contribution in [0.5, 0.6) is 0 Å². The third-order valence-electron chi connectivity index (χ3n) is 3.58. The van der Waals surface area contributed by atoms with Crippen molar-refractivity contribution in [2.75, 3.05) is 0 Å². The minimum atomic E-state index is -0.255. The number of hydrogen-bond acceptors (Lipinski definition) is 2. The van der Waals surface area contributed by atoms with Crippen molar-refractivity contribution >= 4 is 11.9 Å². The molecule has 2 aromatic rings. The van der Waals surface area contributed by atoms with Crippen molar-refractivity contribution in [1.82, 2.24) is 4.57 Å². The maximum absolute atomic E-state index is 12.3. The first-order chi connectivity index (χ1) is 9.90. The Bertz CT molecular complexity index is 782. The largest absolute Gasteiger partial charge is 0.315 e. The number of benzene rings is 1. The van der Waals surface area contributed by atoms with E-state index in [0.29, 0.717) is 0 Å². The smallest absolute Gasteiger partial charge is 0.261 e. The zero-order valence-corrected chi connectivity index (χ0v) is 12.8. The van der Waals surface area contributed by atoms with Gasteiger partial charge in [-0.1, -0.05) is 35.9 Å². The minimum Gasteiger partial charge on any atom is -0.315 e. The molecule has 1 aromatic heterocycles. The van der Waals surface area contributed by atoms with Crippen LogP contribution in [0.1, 0.15) is 32.7 Å². The summed E-state index contributed by atoms with van der Waals surface area (Å²) in [5, 5.41) is 0. The van der Waals surface area contributed by atoms with Crippen LogP contribution in [-0.2, 0) is 7.05 Å². The zero-order chi connectivity index (χ0) is 15.6. The molecule has 0 saturated heterocycles. The lowest BCUT2D eigenvalue weighted by molar-refractivity contribution is 0.104. The molecule has 0 aliphatic heterocycles. The summed E-state index contributed by atoms with van der Waals surface area (Å²) >= 11 is 0. The SMILES string of the molecule is Cc1cccc(/C=C/C(=O)c2c(C)cc(C)n(C)c2=O)c1. The molecule has 0 spiro atoms. The number of rotatable bonds is 3. The van der Waals surface area contributed by atoms with Crippen molar-refractivity contribution in [3.05, 3.63) is 74.7 Å². The van der Waals surface area contributed by atoms with E-state index in [-0.39, 0.29) is 16.9 Å². The maximum atomic E-state index is 12.3. The van der Waals surface area contributed by atoms with E-state index >= 15 is 0 Å². The van der Waals surface area contributed by atoms with Crippen molar-refractivity contribution in [1.29, 1.82) is 0 Å². The van der Waals surface area contributed by atoms with Crippen LogP contribution in [0.3, 0.4) is 0 Å². The van der Waals surface area contributed by atoms with Gasteiger partial charge in [0, 0.05) is 12.7 Å². The second-order valence-corrected chi connectivity index (χ2v) is 5.32. The summed E-state index contributed by atoms with van der Waals surface area (Å²) in [7, 11) is 1.68. The van der Waals surface area contributed by atoms with Crippen molar-refractivity contribution in [3.8, 4) is 0 Å². The molecule has 0 amide bonds. The topological polar surface area (TPSA) is 39.1 Å². The Kier molecular flexibility index (Phi) is 4.22. The molecule has 108 valence electrons. The standard InChI is InChI=1S/C18H19NO2/c1-12-6-5-7-15(10-12)8-9-16(20)17-13(2)11-14(3)19(4)18(17)21/h5-11H,1-4H3/b9-8+. The molecule has 0 unspecified atom stereocenters. The average Bonchev–Trinajstić information content (AvgIpc) is 2.43. The molecule has 2 rings (SSSR count). The van der Waals surface area contributed by atoms with E-state index in [9.17, 15) is 9.59 Å². The highest BCUT2D eigenvalue weighted by Crippen LogP contribution is 2.10. The van der Waals surface area contributed by atoms with Crippen LogP contribution >= 0.6 is 0 Å². The molecular weight excluding hydrogens is 262 g/mol. The summed E-state index contributed by atoms with van der Waals surface area (Å²) in [4.78, 5) is 24.5. The van der Waals surface area contributed by atoms with Crippen molar-refractivity contribution < 1.29 is 4.79 Å². The Balaban J connectivity index is 2.38. The Morgan fingerprint density at radius 1 is 1.14 bits per heavy atom. The van der Waals surface area contributed by atoms with Crippen molar-refractivity contribution in [2.24, 2.45) is 7.05 Å². The Morgan fingerprint density at radius 3 is 2.52 bits per heavy atom. The molecule has 1 heterocycles. The highest BCUT2D eigenvalue weighted by atomic mass is 16.1. The van der Waals surface area contributed by atoms with E-state index in [2.05, 4.69) is 0 Å². The molecule has 0 aliphatic rings. The number of pyridine rings is 1. The van der Waals surface area contributed by atoms with Gasteiger partial charge in [-0.15, -0.1) is 0 Å². The van der Waals surface area contributed by atoms with Crippen molar-refractivity contribution in [3.63, 3.8) is 0 Å². The van der Waals surface area contributed by atoms with E-state index in [1.165, 1.54) is 10.6 Å². The van der Waals surface area contributed by atoms with Gasteiger partial charge in [0.05, 0.1) is 5.56 Å². The Labute approximate surface area is 124 Å². The first-order valence-electron chi connectivity index (χ1n) is 6.86. The zero-order valence-electron chi connectivity index (χ0n) is 12.8. The second kappa shape index (κ2) is 5.92. The van der Waals surface area contributed by atoms with Crippen LogP contribution in [0.25, 0.3) is 6.08 Å². The third-order valence-corrected chi connectivity index (χ3v) is 3.58. The molecular formula is C18H19NO2. The monoisotopic (exact) mass is 281 g/mol. The number of aromatic nitrogens is 1. The molecule has 3 nitrogen and oxygen atoms in total.